The molecule has 0 atom stereocenters. The Bertz CT molecular complexity index is 948. The lowest BCUT2D eigenvalue weighted by Gasteiger charge is -2.28. The molecular formula is C20H29N5O2S. The van der Waals surface area contributed by atoms with Gasteiger partial charge in [0.05, 0.1) is 0 Å². The zero-order valence-corrected chi connectivity index (χ0v) is 17.7. The summed E-state index contributed by atoms with van der Waals surface area (Å²) in [5, 5.41) is 3.54. The fraction of sp³-hybridized carbons (Fsp3) is 0.450. The second-order valence-electron chi connectivity index (χ2n) is 7.30. The zero-order chi connectivity index (χ0) is 20.8. The van der Waals surface area contributed by atoms with Crippen LogP contribution in [0.25, 0.3) is 0 Å². The molecule has 0 radical (unpaired) electrons. The normalized spacial score (nSPS) is 10.9. The van der Waals surface area contributed by atoms with Gasteiger partial charge in [0.2, 0.25) is 0 Å². The molecule has 0 spiro atoms. The average molecular weight is 404 g/mol. The molecule has 0 fully saturated rings. The van der Waals surface area contributed by atoms with Crippen molar-refractivity contribution in [3.8, 4) is 0 Å². The number of aryl methyl sites for hydroxylation is 1. The molecule has 0 aliphatic heterocycles. The van der Waals surface area contributed by atoms with Gasteiger partial charge in [-0.05, 0) is 49.2 Å². The molecule has 0 aliphatic carbocycles. The number of nitrogens with two attached hydrogens (primary N) is 1. The van der Waals surface area contributed by atoms with Crippen molar-refractivity contribution in [2.75, 3.05) is 22.5 Å². The van der Waals surface area contributed by atoms with Crippen LogP contribution in [0.2, 0.25) is 0 Å². The first-order chi connectivity index (χ1) is 13.2. The molecule has 1 aromatic heterocycles. The molecule has 2 rings (SSSR count). The third kappa shape index (κ3) is 5.22. The van der Waals surface area contributed by atoms with Crippen molar-refractivity contribution in [3.63, 3.8) is 0 Å². The van der Waals surface area contributed by atoms with Gasteiger partial charge in [-0.25, -0.2) is 4.79 Å². The lowest BCUT2D eigenvalue weighted by Crippen LogP contribution is -2.44. The fourth-order valence-electron chi connectivity index (χ4n) is 2.93. The van der Waals surface area contributed by atoms with Gasteiger partial charge in [0.15, 0.2) is 10.8 Å². The van der Waals surface area contributed by atoms with Gasteiger partial charge in [-0.3, -0.25) is 14.3 Å². The fourth-order valence-corrected chi connectivity index (χ4v) is 3.21. The molecule has 2 aromatic rings. The lowest BCUT2D eigenvalue weighted by atomic mass is 10.2. The number of aromatic amines is 1. The summed E-state index contributed by atoms with van der Waals surface area (Å²) in [5.41, 5.74) is 7.36. The molecule has 1 heterocycles. The first kappa shape index (κ1) is 21.7. The summed E-state index contributed by atoms with van der Waals surface area (Å²) in [4.78, 5) is 28.9. The Morgan fingerprint density at radius 3 is 2.68 bits per heavy atom. The van der Waals surface area contributed by atoms with Crippen LogP contribution in [0, 0.1) is 12.8 Å². The van der Waals surface area contributed by atoms with E-state index >= 15 is 0 Å². The Morgan fingerprint density at radius 1 is 1.36 bits per heavy atom. The van der Waals surface area contributed by atoms with Crippen LogP contribution in [0.15, 0.2) is 33.9 Å². The first-order valence-corrected chi connectivity index (χ1v) is 9.93. The molecule has 0 saturated heterocycles. The largest absolute Gasteiger partial charge is 0.383 e. The van der Waals surface area contributed by atoms with Crippen molar-refractivity contribution in [2.45, 2.75) is 47.1 Å². The Kier molecular flexibility index (Phi) is 7.39. The molecular weight excluding hydrogens is 374 g/mol. The second-order valence-corrected chi connectivity index (χ2v) is 7.69. The van der Waals surface area contributed by atoms with E-state index in [-0.39, 0.29) is 17.4 Å². The maximum atomic E-state index is 12.6. The monoisotopic (exact) mass is 403 g/mol. The van der Waals surface area contributed by atoms with E-state index in [1.165, 1.54) is 4.57 Å². The van der Waals surface area contributed by atoms with E-state index in [2.05, 4.69) is 10.3 Å². The maximum Gasteiger partial charge on any atom is 0.330 e. The van der Waals surface area contributed by atoms with E-state index < -0.39 is 11.2 Å². The average Bonchev–Trinajstić information content (AvgIpc) is 2.60. The van der Waals surface area contributed by atoms with Crippen LogP contribution >= 0.6 is 12.2 Å². The number of unbranched alkanes of at least 4 members (excludes halogenated alkanes) is 1. The minimum atomic E-state index is -0.538. The number of nitrogens with one attached hydrogen (secondary N) is 2. The van der Waals surface area contributed by atoms with Crippen molar-refractivity contribution in [1.82, 2.24) is 9.55 Å². The highest BCUT2D eigenvalue weighted by Crippen LogP contribution is 2.20. The minimum Gasteiger partial charge on any atom is -0.383 e. The Labute approximate surface area is 170 Å². The maximum absolute atomic E-state index is 12.6. The van der Waals surface area contributed by atoms with Crippen molar-refractivity contribution in [1.29, 1.82) is 0 Å². The van der Waals surface area contributed by atoms with Gasteiger partial charge in [0.25, 0.3) is 5.56 Å². The summed E-state index contributed by atoms with van der Waals surface area (Å²) in [5.74, 6) is 0.350. The third-order valence-corrected chi connectivity index (χ3v) is 4.60. The van der Waals surface area contributed by atoms with E-state index in [1.807, 2.05) is 52.0 Å². The van der Waals surface area contributed by atoms with Crippen LogP contribution in [-0.2, 0) is 6.54 Å². The minimum absolute atomic E-state index is 0.135. The van der Waals surface area contributed by atoms with Gasteiger partial charge in [-0.2, -0.15) is 0 Å². The molecule has 0 unspecified atom stereocenters. The van der Waals surface area contributed by atoms with Gasteiger partial charge in [0, 0.05) is 18.8 Å². The summed E-state index contributed by atoms with van der Waals surface area (Å²) in [6.45, 7) is 9.00. The first-order valence-electron chi connectivity index (χ1n) is 9.52. The Balaban J connectivity index is 2.48. The van der Waals surface area contributed by atoms with Gasteiger partial charge >= 0.3 is 5.69 Å². The molecule has 8 heteroatoms. The topological polar surface area (TPSA) is 96.2 Å². The molecule has 0 saturated carbocycles. The van der Waals surface area contributed by atoms with E-state index in [0.29, 0.717) is 18.2 Å². The molecule has 0 bridgehead atoms. The van der Waals surface area contributed by atoms with Crippen LogP contribution in [0.5, 0.6) is 0 Å². The highest BCUT2D eigenvalue weighted by Gasteiger charge is 2.23. The standard InChI is InChI=1S/C20H29N5O2S/c1-5-6-10-24-17(21)16(18(26)23-19(24)27)25(12-13(2)3)20(28)22-15-9-7-8-14(4)11-15/h7-9,11,13H,5-6,10,12,21H2,1-4H3,(H,22,28)(H,23,26,27). The van der Waals surface area contributed by atoms with E-state index in [9.17, 15) is 9.59 Å². The number of hydrogen-bond acceptors (Lipinski definition) is 4. The summed E-state index contributed by atoms with van der Waals surface area (Å²) in [7, 11) is 0. The highest BCUT2D eigenvalue weighted by atomic mass is 32.1. The highest BCUT2D eigenvalue weighted by molar-refractivity contribution is 7.80. The van der Waals surface area contributed by atoms with Crippen molar-refractivity contribution >= 4 is 34.5 Å². The number of rotatable bonds is 7. The van der Waals surface area contributed by atoms with Crippen LogP contribution < -0.4 is 27.2 Å². The van der Waals surface area contributed by atoms with Gasteiger partial charge < -0.3 is 16.0 Å². The van der Waals surface area contributed by atoms with Crippen LogP contribution in [0.1, 0.15) is 39.2 Å². The quantitative estimate of drug-likeness (QED) is 0.615. The van der Waals surface area contributed by atoms with E-state index in [1.54, 1.807) is 4.90 Å². The molecule has 1 aromatic carbocycles. The zero-order valence-electron chi connectivity index (χ0n) is 16.9. The Morgan fingerprint density at radius 2 is 2.07 bits per heavy atom. The number of anilines is 3. The number of hydrogen-bond donors (Lipinski definition) is 3. The predicted octanol–water partition coefficient (Wildman–Crippen LogP) is 3.09. The predicted molar refractivity (Wildman–Crippen MR) is 120 cm³/mol. The molecule has 0 amide bonds. The second kappa shape index (κ2) is 9.54. The smallest absolute Gasteiger partial charge is 0.330 e. The third-order valence-electron chi connectivity index (χ3n) is 4.28. The number of benzene rings is 1. The van der Waals surface area contributed by atoms with E-state index in [0.717, 1.165) is 24.1 Å². The molecule has 152 valence electrons. The van der Waals surface area contributed by atoms with Gasteiger partial charge in [0.1, 0.15) is 5.82 Å². The van der Waals surface area contributed by atoms with Crippen molar-refractivity contribution in [3.05, 3.63) is 50.7 Å². The van der Waals surface area contributed by atoms with Crippen LogP contribution in [0.4, 0.5) is 17.2 Å². The number of aromatic nitrogens is 2. The molecule has 28 heavy (non-hydrogen) atoms. The van der Waals surface area contributed by atoms with Crippen LogP contribution in [0.3, 0.4) is 0 Å². The van der Waals surface area contributed by atoms with Crippen molar-refractivity contribution < 1.29 is 0 Å². The SMILES string of the molecule is CCCCn1c(N)c(N(CC(C)C)C(=S)Nc2cccc(C)c2)c(=O)[nH]c1=O. The van der Waals surface area contributed by atoms with Gasteiger partial charge in [-0.15, -0.1) is 0 Å². The number of H-pyrrole nitrogens is 1. The Hall–Kier alpha value is -2.61. The van der Waals surface area contributed by atoms with Crippen LogP contribution in [-0.4, -0.2) is 21.2 Å². The number of thiocarbonyl (C=S) groups is 1. The molecule has 4 N–H and O–H groups in total. The summed E-state index contributed by atoms with van der Waals surface area (Å²) < 4.78 is 1.41. The summed E-state index contributed by atoms with van der Waals surface area (Å²) in [6, 6.07) is 7.80. The molecule has 0 aliphatic rings. The molecule has 7 nitrogen and oxygen atoms in total. The number of nitrogen functional groups attached to an aromatic ring is 1. The summed E-state index contributed by atoms with van der Waals surface area (Å²) >= 11 is 5.60. The lowest BCUT2D eigenvalue weighted by molar-refractivity contribution is 0.601. The van der Waals surface area contributed by atoms with Gasteiger partial charge in [-0.1, -0.05) is 39.3 Å². The number of nitrogens with zero attached hydrogens (tertiary/aromatic N) is 2. The van der Waals surface area contributed by atoms with Crippen molar-refractivity contribution in [2.24, 2.45) is 5.92 Å². The summed E-state index contributed by atoms with van der Waals surface area (Å²) in [6.07, 6.45) is 1.69. The van der Waals surface area contributed by atoms with E-state index in [4.69, 9.17) is 18.0 Å².